The molecule has 1 aromatic heterocycles. The molecule has 1 aromatic rings. The Bertz CT molecular complexity index is 426. The third kappa shape index (κ3) is 6.68. The molecule has 1 heterocycles. The molecule has 0 fully saturated rings. The van der Waals surface area contributed by atoms with Crippen LogP contribution in [0, 0.1) is 0 Å². The Balaban J connectivity index is 2.18. The molecule has 0 spiro atoms. The molecule has 2 N–H and O–H groups in total. The smallest absolute Gasteiger partial charge is 0.290 e. The second-order valence-electron chi connectivity index (χ2n) is 5.83. The number of rotatable bonds is 9. The van der Waals surface area contributed by atoms with Gasteiger partial charge in [0.15, 0.2) is 0 Å². The molecular weight excluding hydrogens is 272 g/mol. The number of unbranched alkanes of at least 4 members (excludes halogenated alkanes) is 1. The molecule has 0 aliphatic heterocycles. The lowest BCUT2D eigenvalue weighted by Crippen LogP contribution is -2.26. The number of hydrogen-bond donors (Lipinski definition) is 2. The summed E-state index contributed by atoms with van der Waals surface area (Å²) < 4.78 is 10.2. The van der Waals surface area contributed by atoms with Crippen molar-refractivity contribution in [1.29, 1.82) is 0 Å². The minimum Gasteiger partial charge on any atom is -0.382 e. The van der Waals surface area contributed by atoms with Crippen molar-refractivity contribution in [1.82, 2.24) is 20.5 Å². The predicted molar refractivity (Wildman–Crippen MR) is 79.3 cm³/mol. The minimum atomic E-state index is -0.248. The molecule has 0 saturated carbocycles. The summed E-state index contributed by atoms with van der Waals surface area (Å²) in [4.78, 5) is 16.1. The van der Waals surface area contributed by atoms with E-state index in [1.807, 2.05) is 20.8 Å². The SMILES string of the molecule is COCCOCCCCNC(=O)c1n[nH]c(C(C)(C)C)n1. The Hall–Kier alpha value is -1.47. The van der Waals surface area contributed by atoms with Crippen molar-refractivity contribution in [2.45, 2.75) is 39.0 Å². The lowest BCUT2D eigenvalue weighted by molar-refractivity contribution is 0.0686. The van der Waals surface area contributed by atoms with E-state index in [0.717, 1.165) is 12.8 Å². The molecule has 120 valence electrons. The zero-order valence-electron chi connectivity index (χ0n) is 13.4. The highest BCUT2D eigenvalue weighted by atomic mass is 16.5. The van der Waals surface area contributed by atoms with Gasteiger partial charge in [0.2, 0.25) is 5.82 Å². The van der Waals surface area contributed by atoms with E-state index in [0.29, 0.717) is 32.2 Å². The normalized spacial score (nSPS) is 11.6. The lowest BCUT2D eigenvalue weighted by atomic mass is 9.96. The van der Waals surface area contributed by atoms with E-state index in [4.69, 9.17) is 9.47 Å². The maximum atomic E-state index is 11.9. The number of carbonyl (C=O) groups excluding carboxylic acids is 1. The lowest BCUT2D eigenvalue weighted by Gasteiger charge is -2.12. The molecule has 7 heteroatoms. The van der Waals surface area contributed by atoms with Gasteiger partial charge in [0, 0.05) is 25.7 Å². The van der Waals surface area contributed by atoms with E-state index in [9.17, 15) is 4.79 Å². The summed E-state index contributed by atoms with van der Waals surface area (Å²) in [6.45, 7) is 8.52. The molecule has 0 aliphatic carbocycles. The predicted octanol–water partition coefficient (Wildman–Crippen LogP) is 1.28. The first kappa shape index (κ1) is 17.6. The van der Waals surface area contributed by atoms with E-state index < -0.39 is 0 Å². The van der Waals surface area contributed by atoms with E-state index in [-0.39, 0.29) is 17.1 Å². The van der Waals surface area contributed by atoms with E-state index in [2.05, 4.69) is 20.5 Å². The van der Waals surface area contributed by atoms with Gasteiger partial charge in [-0.1, -0.05) is 20.8 Å². The van der Waals surface area contributed by atoms with Crippen molar-refractivity contribution in [3.8, 4) is 0 Å². The van der Waals surface area contributed by atoms with E-state index in [1.54, 1.807) is 7.11 Å². The number of nitrogens with zero attached hydrogens (tertiary/aromatic N) is 2. The zero-order valence-corrected chi connectivity index (χ0v) is 13.4. The molecule has 0 aliphatic rings. The fourth-order valence-electron chi connectivity index (χ4n) is 1.55. The summed E-state index contributed by atoms with van der Waals surface area (Å²) >= 11 is 0. The monoisotopic (exact) mass is 298 g/mol. The first-order chi connectivity index (χ1) is 9.95. The van der Waals surface area contributed by atoms with Crippen LogP contribution in [0.25, 0.3) is 0 Å². The summed E-state index contributed by atoms with van der Waals surface area (Å²) in [5.41, 5.74) is -0.148. The van der Waals surface area contributed by atoms with Crippen LogP contribution in [-0.4, -0.2) is 54.6 Å². The molecule has 0 atom stereocenters. The molecule has 7 nitrogen and oxygen atoms in total. The number of carbonyl (C=O) groups is 1. The highest BCUT2D eigenvalue weighted by molar-refractivity contribution is 5.90. The van der Waals surface area contributed by atoms with Crippen molar-refractivity contribution in [2.75, 3.05) is 33.5 Å². The van der Waals surface area contributed by atoms with Crippen LogP contribution in [0.15, 0.2) is 0 Å². The van der Waals surface area contributed by atoms with Gasteiger partial charge in [0.05, 0.1) is 13.2 Å². The van der Waals surface area contributed by atoms with Gasteiger partial charge >= 0.3 is 0 Å². The third-order valence-electron chi connectivity index (χ3n) is 2.83. The van der Waals surface area contributed by atoms with Crippen LogP contribution >= 0.6 is 0 Å². The van der Waals surface area contributed by atoms with Crippen molar-refractivity contribution in [3.63, 3.8) is 0 Å². The average molecular weight is 298 g/mol. The number of H-pyrrole nitrogens is 1. The van der Waals surface area contributed by atoms with Crippen LogP contribution in [0.4, 0.5) is 0 Å². The molecular formula is C14H26N4O3. The first-order valence-corrected chi connectivity index (χ1v) is 7.23. The van der Waals surface area contributed by atoms with Crippen molar-refractivity contribution >= 4 is 5.91 Å². The van der Waals surface area contributed by atoms with Crippen LogP contribution in [0.3, 0.4) is 0 Å². The van der Waals surface area contributed by atoms with Gasteiger partial charge in [-0.2, -0.15) is 0 Å². The van der Waals surface area contributed by atoms with Gasteiger partial charge in [0.25, 0.3) is 5.91 Å². The van der Waals surface area contributed by atoms with Gasteiger partial charge in [-0.15, -0.1) is 5.10 Å². The van der Waals surface area contributed by atoms with E-state index in [1.165, 1.54) is 0 Å². The average Bonchev–Trinajstić information content (AvgIpc) is 2.91. The first-order valence-electron chi connectivity index (χ1n) is 7.23. The van der Waals surface area contributed by atoms with Crippen LogP contribution in [0.1, 0.15) is 50.1 Å². The maximum absolute atomic E-state index is 11.9. The Kier molecular flexibility index (Phi) is 7.31. The van der Waals surface area contributed by atoms with Gasteiger partial charge in [0.1, 0.15) is 5.82 Å². The topological polar surface area (TPSA) is 89.1 Å². The number of nitrogens with one attached hydrogen (secondary N) is 2. The van der Waals surface area contributed by atoms with Crippen molar-refractivity contribution < 1.29 is 14.3 Å². The number of aromatic nitrogens is 3. The number of aromatic amines is 1. The van der Waals surface area contributed by atoms with Gasteiger partial charge in [-0.05, 0) is 12.8 Å². The molecule has 1 rings (SSSR count). The highest BCUT2D eigenvalue weighted by Gasteiger charge is 2.20. The number of hydrogen-bond acceptors (Lipinski definition) is 5. The maximum Gasteiger partial charge on any atom is 0.290 e. The summed E-state index contributed by atoms with van der Waals surface area (Å²) in [5.74, 6) is 0.650. The summed E-state index contributed by atoms with van der Waals surface area (Å²) in [7, 11) is 1.65. The van der Waals surface area contributed by atoms with E-state index >= 15 is 0 Å². The molecule has 0 aromatic carbocycles. The Labute approximate surface area is 125 Å². The van der Waals surface area contributed by atoms with Crippen LogP contribution in [0.5, 0.6) is 0 Å². The Morgan fingerprint density at radius 1 is 1.24 bits per heavy atom. The molecule has 0 bridgehead atoms. The molecule has 0 radical (unpaired) electrons. The summed E-state index contributed by atoms with van der Waals surface area (Å²) in [5, 5.41) is 9.55. The van der Waals surface area contributed by atoms with Crippen molar-refractivity contribution in [3.05, 3.63) is 11.6 Å². The zero-order chi connectivity index (χ0) is 15.7. The van der Waals surface area contributed by atoms with Gasteiger partial charge in [-0.25, -0.2) is 4.98 Å². The quantitative estimate of drug-likeness (QED) is 0.670. The minimum absolute atomic E-state index is 0.148. The third-order valence-corrected chi connectivity index (χ3v) is 2.83. The molecule has 1 amide bonds. The largest absolute Gasteiger partial charge is 0.382 e. The fraction of sp³-hybridized carbons (Fsp3) is 0.786. The van der Waals surface area contributed by atoms with Gasteiger partial charge < -0.3 is 14.8 Å². The van der Waals surface area contributed by atoms with Gasteiger partial charge in [-0.3, -0.25) is 9.89 Å². The highest BCUT2D eigenvalue weighted by Crippen LogP contribution is 2.17. The molecule has 21 heavy (non-hydrogen) atoms. The molecule has 0 unspecified atom stereocenters. The fourth-order valence-corrected chi connectivity index (χ4v) is 1.55. The van der Waals surface area contributed by atoms with Crippen LogP contribution in [0.2, 0.25) is 0 Å². The Morgan fingerprint density at radius 2 is 2.00 bits per heavy atom. The van der Waals surface area contributed by atoms with Crippen LogP contribution in [-0.2, 0) is 14.9 Å². The second-order valence-corrected chi connectivity index (χ2v) is 5.83. The number of amides is 1. The second kappa shape index (κ2) is 8.74. The van der Waals surface area contributed by atoms with Crippen molar-refractivity contribution in [2.24, 2.45) is 0 Å². The standard InChI is InChI=1S/C14H26N4O3/c1-14(2,3)13-16-11(17-18-13)12(19)15-7-5-6-8-21-10-9-20-4/h5-10H2,1-4H3,(H,15,19)(H,16,17,18). The molecule has 0 saturated heterocycles. The van der Waals surface area contributed by atoms with Crippen LogP contribution < -0.4 is 5.32 Å². The number of ether oxygens (including phenoxy) is 2. The number of methoxy groups -OCH3 is 1. The summed E-state index contributed by atoms with van der Waals surface area (Å²) in [6.07, 6.45) is 1.75. The summed E-state index contributed by atoms with van der Waals surface area (Å²) in [6, 6.07) is 0. The Morgan fingerprint density at radius 3 is 2.62 bits per heavy atom.